The number of amides is 1. The molecule has 0 bridgehead atoms. The van der Waals surface area contributed by atoms with Crippen LogP contribution in [0.25, 0.3) is 0 Å². The summed E-state index contributed by atoms with van der Waals surface area (Å²) in [5.74, 6) is -0.860. The lowest BCUT2D eigenvalue weighted by Crippen LogP contribution is -2.40. The molecular formula is C13H16F3N3O. The molecule has 0 aliphatic carbocycles. The number of hydrogen-bond donors (Lipinski definition) is 2. The SMILES string of the molecule is NC(=O)c1cc(C(F)(F)F)ccc1N1CCC(N)CC1. The summed E-state index contributed by atoms with van der Waals surface area (Å²) >= 11 is 0. The van der Waals surface area contributed by atoms with Crippen LogP contribution in [0.4, 0.5) is 18.9 Å². The van der Waals surface area contributed by atoms with Gasteiger partial charge in [0.25, 0.3) is 5.91 Å². The molecule has 2 rings (SSSR count). The molecule has 0 unspecified atom stereocenters. The van der Waals surface area contributed by atoms with Crippen molar-refractivity contribution < 1.29 is 18.0 Å². The molecule has 1 saturated heterocycles. The molecule has 110 valence electrons. The summed E-state index contributed by atoms with van der Waals surface area (Å²) in [5.41, 5.74) is 10.5. The number of hydrogen-bond acceptors (Lipinski definition) is 3. The quantitative estimate of drug-likeness (QED) is 0.870. The van der Waals surface area contributed by atoms with Crippen LogP contribution in [0.3, 0.4) is 0 Å². The third-order valence-electron chi connectivity index (χ3n) is 3.47. The van der Waals surface area contributed by atoms with E-state index in [1.165, 1.54) is 6.07 Å². The molecule has 7 heteroatoms. The van der Waals surface area contributed by atoms with Crippen molar-refractivity contribution in [1.82, 2.24) is 0 Å². The number of anilines is 1. The highest BCUT2D eigenvalue weighted by Gasteiger charge is 2.32. The largest absolute Gasteiger partial charge is 0.416 e. The maximum absolute atomic E-state index is 12.7. The fourth-order valence-corrected chi connectivity index (χ4v) is 2.33. The molecule has 0 radical (unpaired) electrons. The normalized spacial score (nSPS) is 17.3. The van der Waals surface area contributed by atoms with Crippen molar-refractivity contribution in [3.63, 3.8) is 0 Å². The molecular weight excluding hydrogens is 271 g/mol. The van der Waals surface area contributed by atoms with E-state index in [1.807, 2.05) is 4.90 Å². The zero-order chi connectivity index (χ0) is 14.9. The van der Waals surface area contributed by atoms with Gasteiger partial charge in [-0.3, -0.25) is 4.79 Å². The molecule has 1 heterocycles. The third-order valence-corrected chi connectivity index (χ3v) is 3.47. The Labute approximate surface area is 114 Å². The lowest BCUT2D eigenvalue weighted by Gasteiger charge is -2.33. The van der Waals surface area contributed by atoms with Gasteiger partial charge < -0.3 is 16.4 Å². The number of carbonyl (C=O) groups excluding carboxylic acids is 1. The van der Waals surface area contributed by atoms with Gasteiger partial charge in [-0.2, -0.15) is 13.2 Å². The van der Waals surface area contributed by atoms with Crippen LogP contribution in [-0.4, -0.2) is 25.0 Å². The second kappa shape index (κ2) is 5.32. The van der Waals surface area contributed by atoms with E-state index in [1.54, 1.807) is 0 Å². The lowest BCUT2D eigenvalue weighted by molar-refractivity contribution is -0.137. The molecule has 1 amide bonds. The van der Waals surface area contributed by atoms with Crippen LogP contribution in [0, 0.1) is 0 Å². The average Bonchev–Trinajstić information content (AvgIpc) is 2.38. The molecule has 0 saturated carbocycles. The number of nitrogens with two attached hydrogens (primary N) is 2. The molecule has 1 fully saturated rings. The summed E-state index contributed by atoms with van der Waals surface area (Å²) in [4.78, 5) is 13.3. The Bertz CT molecular complexity index is 508. The number of primary amides is 1. The fraction of sp³-hybridized carbons (Fsp3) is 0.462. The zero-order valence-corrected chi connectivity index (χ0v) is 10.8. The molecule has 1 aliphatic heterocycles. The molecule has 0 aromatic heterocycles. The van der Waals surface area contributed by atoms with Crippen LogP contribution < -0.4 is 16.4 Å². The molecule has 20 heavy (non-hydrogen) atoms. The first-order valence-corrected chi connectivity index (χ1v) is 6.30. The molecule has 1 aromatic rings. The molecule has 4 N–H and O–H groups in total. The average molecular weight is 287 g/mol. The van der Waals surface area contributed by atoms with Crippen molar-refractivity contribution in [3.05, 3.63) is 29.3 Å². The highest BCUT2D eigenvalue weighted by atomic mass is 19.4. The van der Waals surface area contributed by atoms with Gasteiger partial charge in [0.15, 0.2) is 0 Å². The monoisotopic (exact) mass is 287 g/mol. The van der Waals surface area contributed by atoms with Crippen LogP contribution in [0.15, 0.2) is 18.2 Å². The smallest absolute Gasteiger partial charge is 0.371 e. The van der Waals surface area contributed by atoms with Crippen LogP contribution in [0.1, 0.15) is 28.8 Å². The molecule has 1 aliphatic rings. The van der Waals surface area contributed by atoms with E-state index < -0.39 is 17.6 Å². The van der Waals surface area contributed by atoms with E-state index in [0.29, 0.717) is 18.8 Å². The van der Waals surface area contributed by atoms with Crippen LogP contribution in [-0.2, 0) is 6.18 Å². The van der Waals surface area contributed by atoms with E-state index >= 15 is 0 Å². The van der Waals surface area contributed by atoms with Gasteiger partial charge in [0.2, 0.25) is 0 Å². The highest BCUT2D eigenvalue weighted by molar-refractivity contribution is 5.99. The molecule has 1 aromatic carbocycles. The van der Waals surface area contributed by atoms with Gasteiger partial charge in [0, 0.05) is 24.8 Å². The zero-order valence-electron chi connectivity index (χ0n) is 10.8. The number of rotatable bonds is 2. The summed E-state index contributed by atoms with van der Waals surface area (Å²) in [6.07, 6.45) is -3.02. The Morgan fingerprint density at radius 2 is 1.85 bits per heavy atom. The Hall–Kier alpha value is -1.76. The van der Waals surface area contributed by atoms with Gasteiger partial charge in [-0.15, -0.1) is 0 Å². The minimum atomic E-state index is -4.49. The molecule has 0 spiro atoms. The minimum Gasteiger partial charge on any atom is -0.371 e. The number of benzene rings is 1. The van der Waals surface area contributed by atoms with Crippen LogP contribution in [0.2, 0.25) is 0 Å². The maximum atomic E-state index is 12.7. The topological polar surface area (TPSA) is 72.4 Å². The third kappa shape index (κ3) is 3.04. The van der Waals surface area contributed by atoms with Crippen molar-refractivity contribution >= 4 is 11.6 Å². The number of nitrogens with zero attached hydrogens (tertiary/aromatic N) is 1. The van der Waals surface area contributed by atoms with E-state index in [9.17, 15) is 18.0 Å². The molecule has 0 atom stereocenters. The second-order valence-electron chi connectivity index (χ2n) is 4.92. The highest BCUT2D eigenvalue weighted by Crippen LogP contribution is 2.33. The first-order chi connectivity index (χ1) is 9.29. The van der Waals surface area contributed by atoms with E-state index in [2.05, 4.69) is 0 Å². The standard InChI is InChI=1S/C13H16F3N3O/c14-13(15,16)8-1-2-11(10(7-8)12(18)20)19-5-3-9(17)4-6-19/h1-2,7,9H,3-6,17H2,(H2,18,20). The summed E-state index contributed by atoms with van der Waals surface area (Å²) in [7, 11) is 0. The summed E-state index contributed by atoms with van der Waals surface area (Å²) in [6.45, 7) is 1.21. The number of alkyl halides is 3. The van der Waals surface area contributed by atoms with Crippen molar-refractivity contribution in [2.75, 3.05) is 18.0 Å². The second-order valence-corrected chi connectivity index (χ2v) is 4.92. The predicted molar refractivity (Wildman–Crippen MR) is 69.4 cm³/mol. The van der Waals surface area contributed by atoms with Crippen LogP contribution >= 0.6 is 0 Å². The van der Waals surface area contributed by atoms with Gasteiger partial charge in [-0.05, 0) is 31.0 Å². The summed E-state index contributed by atoms with van der Waals surface area (Å²) < 4.78 is 38.0. The number of piperidine rings is 1. The van der Waals surface area contributed by atoms with Crippen molar-refractivity contribution in [3.8, 4) is 0 Å². The van der Waals surface area contributed by atoms with Gasteiger partial charge >= 0.3 is 6.18 Å². The van der Waals surface area contributed by atoms with Gasteiger partial charge in [-0.25, -0.2) is 0 Å². The summed E-state index contributed by atoms with van der Waals surface area (Å²) in [6, 6.07) is 3.18. The van der Waals surface area contributed by atoms with E-state index in [4.69, 9.17) is 11.5 Å². The van der Waals surface area contributed by atoms with Gasteiger partial charge in [-0.1, -0.05) is 0 Å². The van der Waals surface area contributed by atoms with E-state index in [0.717, 1.165) is 25.0 Å². The van der Waals surface area contributed by atoms with Crippen molar-refractivity contribution in [1.29, 1.82) is 0 Å². The lowest BCUT2D eigenvalue weighted by atomic mass is 10.0. The summed E-state index contributed by atoms with van der Waals surface area (Å²) in [5, 5.41) is 0. The van der Waals surface area contributed by atoms with E-state index in [-0.39, 0.29) is 11.6 Å². The predicted octanol–water partition coefficient (Wildman–Crippen LogP) is 1.73. The van der Waals surface area contributed by atoms with Crippen molar-refractivity contribution in [2.24, 2.45) is 11.5 Å². The number of halogens is 3. The van der Waals surface area contributed by atoms with Crippen LogP contribution in [0.5, 0.6) is 0 Å². The Morgan fingerprint density at radius 3 is 2.35 bits per heavy atom. The molecule has 4 nitrogen and oxygen atoms in total. The number of carbonyl (C=O) groups is 1. The fourth-order valence-electron chi connectivity index (χ4n) is 2.33. The first-order valence-electron chi connectivity index (χ1n) is 6.30. The Balaban J connectivity index is 2.36. The van der Waals surface area contributed by atoms with Gasteiger partial charge in [0.1, 0.15) is 0 Å². The first kappa shape index (κ1) is 14.6. The Morgan fingerprint density at radius 1 is 1.25 bits per heavy atom. The maximum Gasteiger partial charge on any atom is 0.416 e. The Kier molecular flexibility index (Phi) is 3.89. The minimum absolute atomic E-state index is 0.0951. The van der Waals surface area contributed by atoms with Crippen molar-refractivity contribution in [2.45, 2.75) is 25.1 Å². The van der Waals surface area contributed by atoms with Gasteiger partial charge in [0.05, 0.1) is 11.1 Å².